The monoisotopic (exact) mass is 1420 g/mol. The molecule has 0 N–H and O–H groups in total. The van der Waals surface area contributed by atoms with Crippen molar-refractivity contribution >= 4 is 0 Å². The highest BCUT2D eigenvalue weighted by Crippen LogP contribution is 2.66. The minimum Gasteiger partial charge on any atom is -0.201 e. The van der Waals surface area contributed by atoms with Crippen LogP contribution in [0, 0.1) is 67.6 Å². The van der Waals surface area contributed by atoms with E-state index in [1.54, 1.807) is 41.0 Å². The second kappa shape index (κ2) is 28.4. The van der Waals surface area contributed by atoms with Crippen molar-refractivity contribution in [2.45, 2.75) is 259 Å². The second-order valence-corrected chi connectivity index (χ2v) is 35.8. The number of nitrogens with zero attached hydrogens (tertiary/aromatic N) is 5. The number of fused-ring (bicyclic) bond motifs is 17. The zero-order chi connectivity index (χ0) is 84.2. The fourth-order valence-corrected chi connectivity index (χ4v) is 20.2. The van der Waals surface area contributed by atoms with Crippen LogP contribution in [0.4, 0.5) is 0 Å². The van der Waals surface area contributed by atoms with Gasteiger partial charge in [-0.3, -0.25) is 0 Å². The SMILES string of the molecule is Cc1ccc(-c2c3c(cc[n+]2C)C2CCC3C2)c(C)c1.Cc1ccc(-c2cc3c(c[n+]2C)C(C)(C)CCC3C)c(C)c1.Cc1ccccc1-c1cc2c(c[n+]1C)C(C)(C)CCC2(C)C.[2H]C([2H])([2H])c1ccc(-c2c3c(cc[n+]2C)C2([2H])CCC3([2H])C2(C)C)c(C)c1.[2H]C([2H])([2H])c1ccc(-c2c3c(cc[n+]2C)C2([2H])CCC3([2H])C2)c(C)c1. The summed E-state index contributed by atoms with van der Waals surface area (Å²) >= 11 is 0. The molecule has 3 saturated carbocycles. The Morgan fingerprint density at radius 2 is 0.821 bits per heavy atom. The molecule has 5 heterocycles. The molecular formula is C101H126N5+5. The van der Waals surface area contributed by atoms with E-state index in [0.29, 0.717) is 48.1 Å². The molecule has 550 valence electrons. The first-order chi connectivity index (χ1) is 54.1. The van der Waals surface area contributed by atoms with Crippen molar-refractivity contribution in [1.82, 2.24) is 0 Å². The highest BCUT2D eigenvalue weighted by atomic mass is 15.0. The molecule has 0 spiro atoms. The van der Waals surface area contributed by atoms with Gasteiger partial charge < -0.3 is 0 Å². The Kier molecular flexibility index (Phi) is 16.9. The summed E-state index contributed by atoms with van der Waals surface area (Å²) < 4.78 is 93.0. The van der Waals surface area contributed by atoms with Crippen LogP contribution in [0.1, 0.15) is 300 Å². The van der Waals surface area contributed by atoms with E-state index in [1.807, 2.05) is 87.6 Å². The highest BCUT2D eigenvalue weighted by Gasteiger charge is 2.54. The third kappa shape index (κ3) is 13.6. The van der Waals surface area contributed by atoms with E-state index in [1.165, 1.54) is 123 Å². The predicted octanol–water partition coefficient (Wildman–Crippen LogP) is 22.9. The molecule has 6 bridgehead atoms. The van der Waals surface area contributed by atoms with Crippen molar-refractivity contribution in [3.8, 4) is 56.3 Å². The van der Waals surface area contributed by atoms with Crippen LogP contribution in [0.5, 0.6) is 0 Å². The van der Waals surface area contributed by atoms with Crippen LogP contribution in [0.3, 0.4) is 0 Å². The molecule has 106 heavy (non-hydrogen) atoms. The van der Waals surface area contributed by atoms with Gasteiger partial charge in [0, 0.05) is 99.7 Å². The average Bonchev–Trinajstić information content (AvgIpc) is 1.49. The number of aromatic nitrogens is 5. The number of hydrogen-bond acceptors (Lipinski definition) is 0. The average molecular weight is 1420 g/mol. The first-order valence-electron chi connectivity index (χ1n) is 44.7. The van der Waals surface area contributed by atoms with Gasteiger partial charge in [0.05, 0.1) is 0 Å². The van der Waals surface area contributed by atoms with Crippen LogP contribution < -0.4 is 22.8 Å². The lowest BCUT2D eigenvalue weighted by Crippen LogP contribution is -2.40. The van der Waals surface area contributed by atoms with Gasteiger partial charge in [0.1, 0.15) is 35.2 Å². The molecule has 0 amide bonds. The molecule has 3 fully saturated rings. The van der Waals surface area contributed by atoms with Crippen LogP contribution in [0.2, 0.25) is 0 Å². The first-order valence-corrected chi connectivity index (χ1v) is 39.7. The van der Waals surface area contributed by atoms with E-state index in [0.717, 1.165) is 74.2 Å². The quantitative estimate of drug-likeness (QED) is 0.153. The maximum absolute atomic E-state index is 9.36. The maximum atomic E-state index is 9.36. The van der Waals surface area contributed by atoms with Gasteiger partial charge in [-0.05, 0) is 288 Å². The minimum atomic E-state index is -2.13. The number of pyridine rings is 5. The zero-order valence-corrected chi connectivity index (χ0v) is 68.0. The lowest BCUT2D eigenvalue weighted by Gasteiger charge is -2.40. The smallest absolute Gasteiger partial charge is 0.201 e. The van der Waals surface area contributed by atoms with E-state index in [-0.39, 0.29) is 10.8 Å². The number of benzene rings is 5. The Morgan fingerprint density at radius 3 is 1.41 bits per heavy atom. The molecule has 5 heteroatoms. The van der Waals surface area contributed by atoms with Crippen molar-refractivity contribution in [2.24, 2.45) is 40.7 Å². The summed E-state index contributed by atoms with van der Waals surface area (Å²) in [5.41, 5.74) is 34.8. The molecule has 7 unspecified atom stereocenters. The summed E-state index contributed by atoms with van der Waals surface area (Å²) in [6.07, 6.45) is 23.6. The van der Waals surface area contributed by atoms with Crippen molar-refractivity contribution < 1.29 is 36.5 Å². The van der Waals surface area contributed by atoms with Crippen LogP contribution in [-0.2, 0) is 51.5 Å². The lowest BCUT2D eigenvalue weighted by atomic mass is 9.63. The second-order valence-electron chi connectivity index (χ2n) is 35.8. The summed E-state index contributed by atoms with van der Waals surface area (Å²) in [7, 11) is 10.5. The fourth-order valence-electron chi connectivity index (χ4n) is 20.2. The van der Waals surface area contributed by atoms with Crippen LogP contribution in [0.25, 0.3) is 56.3 Å². The van der Waals surface area contributed by atoms with E-state index < -0.39 is 42.7 Å². The maximum Gasteiger partial charge on any atom is 0.216 e. The molecule has 0 radical (unpaired) electrons. The minimum absolute atomic E-state index is 0.260. The number of aryl methyl sites for hydroxylation is 14. The van der Waals surface area contributed by atoms with Gasteiger partial charge in [-0.15, -0.1) is 0 Å². The third-order valence-corrected chi connectivity index (χ3v) is 26.5. The van der Waals surface area contributed by atoms with Crippen molar-refractivity contribution in [3.05, 3.63) is 264 Å². The van der Waals surface area contributed by atoms with E-state index in [4.69, 9.17) is 11.0 Å². The molecule has 18 rings (SSSR count). The molecule has 8 aliphatic rings. The summed E-state index contributed by atoms with van der Waals surface area (Å²) in [6, 6.07) is 44.1. The lowest BCUT2D eigenvalue weighted by molar-refractivity contribution is -0.661. The molecule has 7 atom stereocenters. The van der Waals surface area contributed by atoms with Crippen molar-refractivity contribution in [1.29, 1.82) is 0 Å². The van der Waals surface area contributed by atoms with Gasteiger partial charge >= 0.3 is 0 Å². The van der Waals surface area contributed by atoms with Gasteiger partial charge in [0.25, 0.3) is 0 Å². The standard InChI is InChI=1S/C21H26N.2C21H28N.2C19H22N/c1-13-6-7-15(14(2)12-13)20-19-16(10-11-22(20)5)17-8-9-18(19)21(17,3)4;1-14-7-8-17(16(3)11-14)20-12-18-15(2)9-10-21(4,5)19(18)13-22(20)6;1-15-9-7-8-10-16(15)19-13-17-18(14-22(19)6)21(4,5)12-11-20(17,2)3;2*1-12-4-7-16(13(2)10-12)19-18-15-6-5-14(11-15)17(18)8-9-20(19)3/h6-7,10-12,17-18H,8-9H2,1-5H3;7-8,11-13,15H,9-10H2,1-6H3;7-10,13-14H,11-12H2,1-6H3;2*4,7-10,14-15H,5-6,11H2,1-3H3/q5*+1/i1D3,17D,18D;;;1D3,14D,15D;. The molecule has 5 aromatic heterocycles. The Labute approximate surface area is 653 Å². The van der Waals surface area contributed by atoms with Crippen LogP contribution in [-0.4, -0.2) is 0 Å². The molecular weight excluding hydrogens is 1280 g/mol. The molecule has 0 aliphatic heterocycles. The summed E-state index contributed by atoms with van der Waals surface area (Å²) in [4.78, 5) is 0. The number of hydrogen-bond donors (Lipinski definition) is 0. The normalized spacial score (nSPS) is 26.3. The zero-order valence-electron chi connectivity index (χ0n) is 78.0. The summed E-state index contributed by atoms with van der Waals surface area (Å²) in [5.74, 6) is -0.618. The van der Waals surface area contributed by atoms with Gasteiger partial charge in [-0.1, -0.05) is 151 Å². The Morgan fingerprint density at radius 1 is 0.358 bits per heavy atom. The number of rotatable bonds is 5. The fraction of sp³-hybridized carbons (Fsp3) is 0.455. The van der Waals surface area contributed by atoms with E-state index >= 15 is 0 Å². The van der Waals surface area contributed by atoms with Crippen LogP contribution in [0.15, 0.2) is 158 Å². The highest BCUT2D eigenvalue weighted by molar-refractivity contribution is 5.72. The molecule has 10 aromatic rings. The van der Waals surface area contributed by atoms with Gasteiger partial charge in [0.2, 0.25) is 28.5 Å². The molecule has 8 aliphatic carbocycles. The Bertz CT molecular complexity index is 5590. The summed E-state index contributed by atoms with van der Waals surface area (Å²) in [6.45, 7) is 31.4. The predicted molar refractivity (Wildman–Crippen MR) is 441 cm³/mol. The Balaban J connectivity index is 0.000000120. The largest absolute Gasteiger partial charge is 0.216 e. The summed E-state index contributed by atoms with van der Waals surface area (Å²) in [5, 5.41) is 0. The van der Waals surface area contributed by atoms with Gasteiger partial charge in [-0.25, -0.2) is 22.8 Å². The first kappa shape index (κ1) is 62.8. The van der Waals surface area contributed by atoms with E-state index in [2.05, 4.69) is 215 Å². The van der Waals surface area contributed by atoms with Crippen molar-refractivity contribution in [3.63, 3.8) is 0 Å². The molecule has 0 saturated heterocycles. The topological polar surface area (TPSA) is 19.4 Å². The van der Waals surface area contributed by atoms with Gasteiger partial charge in [-0.2, -0.15) is 0 Å². The Hall–Kier alpha value is -8.15. The van der Waals surface area contributed by atoms with Crippen molar-refractivity contribution in [2.75, 3.05) is 0 Å². The van der Waals surface area contributed by atoms with Crippen LogP contribution >= 0.6 is 0 Å². The van der Waals surface area contributed by atoms with E-state index in [9.17, 15) is 2.74 Å². The molecule has 5 nitrogen and oxygen atoms in total. The van der Waals surface area contributed by atoms with Gasteiger partial charge in [0.15, 0.2) is 31.0 Å². The molecule has 5 aromatic carbocycles. The third-order valence-electron chi connectivity index (χ3n) is 26.5.